The molecule has 7 nitrogen and oxygen atoms in total. The van der Waals surface area contributed by atoms with Gasteiger partial charge >= 0.3 is 0 Å². The number of piperazine rings is 1. The van der Waals surface area contributed by atoms with E-state index in [9.17, 15) is 19.2 Å². The number of hydrogen-bond donors (Lipinski definition) is 0. The average molecular weight is 629 g/mol. The van der Waals surface area contributed by atoms with Crippen molar-refractivity contribution in [3.05, 3.63) is 93.1 Å². The summed E-state index contributed by atoms with van der Waals surface area (Å²) in [5.41, 5.74) is 1.07. The number of amides is 3. The molecule has 2 aromatic carbocycles. The maximum absolute atomic E-state index is 13.9. The molecule has 3 atom stereocenters. The van der Waals surface area contributed by atoms with Crippen LogP contribution in [-0.2, 0) is 38.4 Å². The molecule has 4 rings (SSSR count). The van der Waals surface area contributed by atoms with Crippen LogP contribution in [0.3, 0.4) is 0 Å². The number of thiophene rings is 1. The molecule has 3 amide bonds. The molecule has 0 N–H and O–H groups in total. The van der Waals surface area contributed by atoms with Gasteiger partial charge in [0, 0.05) is 29.4 Å². The van der Waals surface area contributed by atoms with E-state index in [0.717, 1.165) is 16.0 Å². The molecule has 0 radical (unpaired) electrons. The third-order valence-corrected chi connectivity index (χ3v) is 9.07. The molecule has 0 spiro atoms. The molecular formula is C32H35Cl2N3O4S. The Morgan fingerprint density at radius 2 is 1.76 bits per heavy atom. The molecule has 2 heterocycles. The van der Waals surface area contributed by atoms with Crippen LogP contribution in [0.5, 0.6) is 0 Å². The highest BCUT2D eigenvalue weighted by atomic mass is 35.5. The van der Waals surface area contributed by atoms with E-state index in [1.807, 2.05) is 60.0 Å². The van der Waals surface area contributed by atoms with Crippen LogP contribution in [0.15, 0.2) is 72.1 Å². The highest BCUT2D eigenvalue weighted by Crippen LogP contribution is 2.24. The Balaban J connectivity index is 1.56. The van der Waals surface area contributed by atoms with Gasteiger partial charge in [-0.1, -0.05) is 78.7 Å². The Morgan fingerprint density at radius 1 is 1.02 bits per heavy atom. The van der Waals surface area contributed by atoms with Crippen LogP contribution in [0.1, 0.15) is 35.8 Å². The number of benzene rings is 2. The van der Waals surface area contributed by atoms with E-state index in [-0.39, 0.29) is 31.2 Å². The zero-order valence-electron chi connectivity index (χ0n) is 23.5. The number of halogens is 2. The molecule has 42 heavy (non-hydrogen) atoms. The van der Waals surface area contributed by atoms with Gasteiger partial charge in [-0.3, -0.25) is 14.4 Å². The van der Waals surface area contributed by atoms with E-state index < -0.39 is 23.5 Å². The molecule has 0 saturated carbocycles. The van der Waals surface area contributed by atoms with Crippen LogP contribution >= 0.6 is 34.5 Å². The van der Waals surface area contributed by atoms with Crippen LogP contribution in [0.4, 0.5) is 0 Å². The fourth-order valence-corrected chi connectivity index (χ4v) is 6.46. The van der Waals surface area contributed by atoms with E-state index in [2.05, 4.69) is 0 Å². The van der Waals surface area contributed by atoms with Crippen molar-refractivity contribution in [1.82, 2.24) is 14.7 Å². The van der Waals surface area contributed by atoms with Gasteiger partial charge in [0.2, 0.25) is 17.7 Å². The van der Waals surface area contributed by atoms with Gasteiger partial charge in [-0.15, -0.1) is 11.3 Å². The maximum atomic E-state index is 13.9. The summed E-state index contributed by atoms with van der Waals surface area (Å²) in [4.78, 5) is 58.8. The summed E-state index contributed by atoms with van der Waals surface area (Å²) in [5, 5.41) is 2.55. The molecule has 1 aliphatic heterocycles. The Bertz CT molecular complexity index is 1340. The number of nitrogens with zero attached hydrogens (tertiary/aromatic N) is 3. The second-order valence-electron chi connectivity index (χ2n) is 10.3. The summed E-state index contributed by atoms with van der Waals surface area (Å²) in [6, 6.07) is 19.1. The lowest BCUT2D eigenvalue weighted by molar-refractivity contribution is -0.158. The van der Waals surface area contributed by atoms with Crippen molar-refractivity contribution in [3.63, 3.8) is 0 Å². The van der Waals surface area contributed by atoms with E-state index in [0.29, 0.717) is 43.7 Å². The minimum Gasteiger partial charge on any atom is -0.331 e. The van der Waals surface area contributed by atoms with E-state index in [1.54, 1.807) is 35.3 Å². The van der Waals surface area contributed by atoms with Crippen LogP contribution < -0.4 is 0 Å². The Kier molecular flexibility index (Phi) is 11.6. The van der Waals surface area contributed by atoms with Crippen LogP contribution in [-0.4, -0.2) is 75.9 Å². The van der Waals surface area contributed by atoms with Gasteiger partial charge < -0.3 is 19.5 Å². The summed E-state index contributed by atoms with van der Waals surface area (Å²) >= 11 is 14.4. The Hall–Kier alpha value is -3.20. The number of carbonyl (C=O) groups excluding carboxylic acids is 4. The summed E-state index contributed by atoms with van der Waals surface area (Å²) in [6.45, 7) is 2.45. The van der Waals surface area contributed by atoms with Crippen LogP contribution in [0, 0.1) is 0 Å². The molecule has 3 unspecified atom stereocenters. The standard InChI is InChI=1S/C32H35Cl2N3O4S/c1-2-26(22-38)37(29(34)19-24-10-12-25(33)13-11-24)30(39)20-28-32(41)35(16-14-23-7-4-3-5-8-23)21-31(40)36(28)17-15-27-9-6-18-42-27/h3-13,18,22,26,28-29H,2,14-17,19-21H2,1H3. The average Bonchev–Trinajstić information content (AvgIpc) is 3.51. The third kappa shape index (κ3) is 8.21. The molecule has 1 saturated heterocycles. The van der Waals surface area contributed by atoms with Gasteiger partial charge in [0.15, 0.2) is 0 Å². The number of aldehydes is 1. The Labute approximate surface area is 261 Å². The van der Waals surface area contributed by atoms with Gasteiger partial charge in [-0.05, 0) is 54.0 Å². The second-order valence-corrected chi connectivity index (χ2v) is 12.3. The third-order valence-electron chi connectivity index (χ3n) is 7.52. The predicted molar refractivity (Wildman–Crippen MR) is 167 cm³/mol. The second kappa shape index (κ2) is 15.3. The summed E-state index contributed by atoms with van der Waals surface area (Å²) in [5.74, 6) is -0.914. The normalized spacial score (nSPS) is 16.8. The topological polar surface area (TPSA) is 78.0 Å². The first-order chi connectivity index (χ1) is 20.3. The Morgan fingerprint density at radius 3 is 2.40 bits per heavy atom. The number of hydrogen-bond acceptors (Lipinski definition) is 5. The molecule has 1 aromatic heterocycles. The summed E-state index contributed by atoms with van der Waals surface area (Å²) in [7, 11) is 0. The molecule has 0 bridgehead atoms. The highest BCUT2D eigenvalue weighted by molar-refractivity contribution is 7.09. The lowest BCUT2D eigenvalue weighted by Gasteiger charge is -2.41. The van der Waals surface area contributed by atoms with Crippen molar-refractivity contribution in [3.8, 4) is 0 Å². The molecule has 1 aliphatic rings. The van der Waals surface area contributed by atoms with Crippen LogP contribution in [0.25, 0.3) is 0 Å². The maximum Gasteiger partial charge on any atom is 0.246 e. The minimum absolute atomic E-state index is 0.0366. The van der Waals surface area contributed by atoms with Crippen molar-refractivity contribution in [2.45, 2.75) is 56.6 Å². The van der Waals surface area contributed by atoms with Gasteiger partial charge in [0.1, 0.15) is 17.8 Å². The van der Waals surface area contributed by atoms with E-state index in [4.69, 9.17) is 23.2 Å². The fraction of sp³-hybridized carbons (Fsp3) is 0.375. The molecule has 3 aromatic rings. The first-order valence-electron chi connectivity index (χ1n) is 14.1. The molecule has 1 fully saturated rings. The van der Waals surface area contributed by atoms with Gasteiger partial charge in [0.05, 0.1) is 19.0 Å². The monoisotopic (exact) mass is 627 g/mol. The van der Waals surface area contributed by atoms with Crippen molar-refractivity contribution in [2.24, 2.45) is 0 Å². The minimum atomic E-state index is -0.986. The number of carbonyl (C=O) groups is 4. The largest absolute Gasteiger partial charge is 0.331 e. The highest BCUT2D eigenvalue weighted by Gasteiger charge is 2.42. The molecular weight excluding hydrogens is 593 g/mol. The first-order valence-corrected chi connectivity index (χ1v) is 15.8. The predicted octanol–water partition coefficient (Wildman–Crippen LogP) is 5.23. The smallest absolute Gasteiger partial charge is 0.246 e. The van der Waals surface area contributed by atoms with Gasteiger partial charge in [-0.25, -0.2) is 0 Å². The molecule has 10 heteroatoms. The number of rotatable bonds is 14. The van der Waals surface area contributed by atoms with Crippen molar-refractivity contribution in [1.29, 1.82) is 0 Å². The number of alkyl halides is 1. The van der Waals surface area contributed by atoms with E-state index >= 15 is 0 Å². The van der Waals surface area contributed by atoms with Gasteiger partial charge in [0.25, 0.3) is 0 Å². The lowest BCUT2D eigenvalue weighted by atomic mass is 10.0. The molecule has 0 aliphatic carbocycles. The van der Waals surface area contributed by atoms with E-state index in [1.165, 1.54) is 9.80 Å². The summed E-state index contributed by atoms with van der Waals surface area (Å²) < 4.78 is 0. The van der Waals surface area contributed by atoms with Crippen molar-refractivity contribution < 1.29 is 19.2 Å². The van der Waals surface area contributed by atoms with Crippen LogP contribution in [0.2, 0.25) is 5.02 Å². The first kappa shape index (κ1) is 31.7. The zero-order valence-corrected chi connectivity index (χ0v) is 25.9. The molecule has 222 valence electrons. The fourth-order valence-electron chi connectivity index (χ4n) is 5.20. The van der Waals surface area contributed by atoms with Gasteiger partial charge in [-0.2, -0.15) is 0 Å². The quantitative estimate of drug-likeness (QED) is 0.139. The SMILES string of the molecule is CCC(C=O)N(C(=O)CC1C(=O)N(CCc2ccccc2)CC(=O)N1CCc1cccs1)C(Cl)Cc1ccc(Cl)cc1. The lowest BCUT2D eigenvalue weighted by Crippen LogP contribution is -2.62. The summed E-state index contributed by atoms with van der Waals surface area (Å²) in [6.07, 6.45) is 2.28. The zero-order chi connectivity index (χ0) is 30.1. The van der Waals surface area contributed by atoms with Crippen molar-refractivity contribution >= 4 is 58.5 Å². The van der Waals surface area contributed by atoms with Crippen molar-refractivity contribution in [2.75, 3.05) is 19.6 Å².